The second-order valence-electron chi connectivity index (χ2n) is 10.8. The number of carbonyl (C=O) groups is 1. The molecular weight excluding hydrogens is 453 g/mol. The Hall–Kier alpha value is -3.32. The average Bonchev–Trinajstić information content (AvgIpc) is 2.84. The molecule has 7 heteroatoms. The number of amides is 1. The van der Waals surface area contributed by atoms with Crippen molar-refractivity contribution in [3.63, 3.8) is 0 Å². The van der Waals surface area contributed by atoms with E-state index >= 15 is 4.39 Å². The van der Waals surface area contributed by atoms with E-state index in [1.807, 2.05) is 26.0 Å². The van der Waals surface area contributed by atoms with Crippen LogP contribution < -0.4 is 9.80 Å². The fourth-order valence-corrected chi connectivity index (χ4v) is 4.45. The van der Waals surface area contributed by atoms with Crippen LogP contribution in [0.4, 0.5) is 16.0 Å². The molecule has 0 radical (unpaired) electrons. The lowest BCUT2D eigenvalue weighted by atomic mass is 9.87. The van der Waals surface area contributed by atoms with Gasteiger partial charge in [0, 0.05) is 49.7 Å². The monoisotopic (exact) mass is 489 g/mol. The van der Waals surface area contributed by atoms with Crippen molar-refractivity contribution in [3.8, 4) is 11.3 Å². The smallest absolute Gasteiger partial charge is 0.262 e. The second-order valence-corrected chi connectivity index (χ2v) is 10.8. The first-order valence-corrected chi connectivity index (χ1v) is 12.6. The molecule has 1 aliphatic heterocycles. The Kier molecular flexibility index (Phi) is 7.41. The summed E-state index contributed by atoms with van der Waals surface area (Å²) in [6.45, 7) is 13.7. The fourth-order valence-electron chi connectivity index (χ4n) is 4.45. The molecule has 0 spiro atoms. The van der Waals surface area contributed by atoms with Crippen LogP contribution in [0.5, 0.6) is 0 Å². The largest absolute Gasteiger partial charge is 0.338 e. The molecule has 0 unspecified atom stereocenters. The number of anilines is 2. The molecule has 2 aromatic carbocycles. The van der Waals surface area contributed by atoms with Crippen LogP contribution >= 0.6 is 0 Å². The van der Waals surface area contributed by atoms with Gasteiger partial charge in [0.05, 0.1) is 11.3 Å². The number of piperazine rings is 1. The summed E-state index contributed by atoms with van der Waals surface area (Å²) < 4.78 is 15.0. The molecule has 0 atom stereocenters. The van der Waals surface area contributed by atoms with Crippen molar-refractivity contribution in [2.24, 2.45) is 0 Å². The van der Waals surface area contributed by atoms with Gasteiger partial charge in [0.2, 0.25) is 5.95 Å². The topological polar surface area (TPSA) is 52.6 Å². The van der Waals surface area contributed by atoms with Crippen molar-refractivity contribution in [1.29, 1.82) is 0 Å². The van der Waals surface area contributed by atoms with E-state index in [-0.39, 0.29) is 22.9 Å². The van der Waals surface area contributed by atoms with Crippen molar-refractivity contribution in [2.75, 3.05) is 43.0 Å². The molecule has 190 valence electrons. The maximum absolute atomic E-state index is 15.0. The summed E-state index contributed by atoms with van der Waals surface area (Å²) in [5.41, 5.74) is 2.77. The van der Waals surface area contributed by atoms with E-state index in [2.05, 4.69) is 54.7 Å². The van der Waals surface area contributed by atoms with Crippen LogP contribution in [0, 0.1) is 5.82 Å². The standard InChI is InChI=1S/C29H36FN5O/c1-20(2)35(22-11-9-10-21(18-22)29(3,4)5)27(36)24-19-31-28(34-16-14-33(6)15-17-34)32-26(24)23-12-7-8-13-25(23)30/h7-13,18-20H,14-17H2,1-6H3. The van der Waals surface area contributed by atoms with Gasteiger partial charge in [-0.3, -0.25) is 4.79 Å². The average molecular weight is 490 g/mol. The lowest BCUT2D eigenvalue weighted by Crippen LogP contribution is -2.45. The zero-order valence-electron chi connectivity index (χ0n) is 22.1. The number of halogens is 1. The van der Waals surface area contributed by atoms with Crippen LogP contribution in [-0.4, -0.2) is 60.0 Å². The zero-order chi connectivity index (χ0) is 26.0. The SMILES string of the molecule is CC(C)N(C(=O)c1cnc(N2CCN(C)CC2)nc1-c1ccccc1F)c1cccc(C(C)(C)C)c1. The van der Waals surface area contributed by atoms with Gasteiger partial charge in [0.15, 0.2) is 0 Å². The van der Waals surface area contributed by atoms with Gasteiger partial charge >= 0.3 is 0 Å². The predicted molar refractivity (Wildman–Crippen MR) is 144 cm³/mol. The van der Waals surface area contributed by atoms with Crippen molar-refractivity contribution >= 4 is 17.5 Å². The summed E-state index contributed by atoms with van der Waals surface area (Å²) in [6, 6.07) is 14.4. The second kappa shape index (κ2) is 10.3. The molecule has 1 aromatic heterocycles. The first-order valence-electron chi connectivity index (χ1n) is 12.6. The Morgan fingerprint density at radius 3 is 2.36 bits per heavy atom. The molecule has 1 amide bonds. The molecule has 3 aromatic rings. The van der Waals surface area contributed by atoms with E-state index < -0.39 is 5.82 Å². The number of hydrogen-bond donors (Lipinski definition) is 0. The molecule has 1 fully saturated rings. The van der Waals surface area contributed by atoms with Gasteiger partial charge in [-0.05, 0) is 56.1 Å². The number of rotatable bonds is 5. The fraction of sp³-hybridized carbons (Fsp3) is 0.414. The highest BCUT2D eigenvalue weighted by atomic mass is 19.1. The highest BCUT2D eigenvalue weighted by molar-refractivity contribution is 6.10. The van der Waals surface area contributed by atoms with Gasteiger partial charge in [-0.1, -0.05) is 45.0 Å². The minimum Gasteiger partial charge on any atom is -0.338 e. The number of benzene rings is 2. The molecule has 36 heavy (non-hydrogen) atoms. The van der Waals surface area contributed by atoms with Gasteiger partial charge in [-0.25, -0.2) is 14.4 Å². The lowest BCUT2D eigenvalue weighted by Gasteiger charge is -2.33. The van der Waals surface area contributed by atoms with Gasteiger partial charge < -0.3 is 14.7 Å². The maximum atomic E-state index is 15.0. The Balaban J connectivity index is 1.81. The van der Waals surface area contributed by atoms with Crippen LogP contribution in [0.25, 0.3) is 11.3 Å². The first kappa shape index (κ1) is 25.8. The maximum Gasteiger partial charge on any atom is 0.262 e. The highest BCUT2D eigenvalue weighted by Crippen LogP contribution is 2.31. The molecule has 4 rings (SSSR count). The molecule has 6 nitrogen and oxygen atoms in total. The predicted octanol–water partition coefficient (Wildman–Crippen LogP) is 5.39. The Bertz CT molecular complexity index is 1230. The van der Waals surface area contributed by atoms with Crippen LogP contribution in [0.3, 0.4) is 0 Å². The van der Waals surface area contributed by atoms with E-state index in [4.69, 9.17) is 4.98 Å². The minimum absolute atomic E-state index is 0.0622. The zero-order valence-corrected chi connectivity index (χ0v) is 22.1. The van der Waals surface area contributed by atoms with Gasteiger partial charge in [-0.2, -0.15) is 0 Å². The molecular formula is C29H36FN5O. The number of carbonyl (C=O) groups excluding carboxylic acids is 1. The van der Waals surface area contributed by atoms with Gasteiger partial charge in [0.25, 0.3) is 5.91 Å². The van der Waals surface area contributed by atoms with E-state index in [0.29, 0.717) is 17.2 Å². The normalized spacial score (nSPS) is 14.8. The minimum atomic E-state index is -0.416. The van der Waals surface area contributed by atoms with E-state index in [1.165, 1.54) is 6.07 Å². The molecule has 0 aliphatic carbocycles. The molecule has 0 N–H and O–H groups in total. The molecule has 2 heterocycles. The summed E-state index contributed by atoms with van der Waals surface area (Å²) >= 11 is 0. The summed E-state index contributed by atoms with van der Waals surface area (Å²) in [6.07, 6.45) is 1.56. The van der Waals surface area contributed by atoms with E-state index in [9.17, 15) is 4.79 Å². The third kappa shape index (κ3) is 5.41. The molecule has 1 saturated heterocycles. The summed E-state index contributed by atoms with van der Waals surface area (Å²) in [5.74, 6) is -0.150. The third-order valence-corrected chi connectivity index (χ3v) is 6.65. The number of aromatic nitrogens is 2. The summed E-state index contributed by atoms with van der Waals surface area (Å²) in [7, 11) is 2.08. The molecule has 1 aliphatic rings. The van der Waals surface area contributed by atoms with E-state index in [0.717, 1.165) is 37.4 Å². The summed E-state index contributed by atoms with van der Waals surface area (Å²) in [5, 5.41) is 0. The quantitative estimate of drug-likeness (QED) is 0.481. The van der Waals surface area contributed by atoms with Crippen LogP contribution in [0.15, 0.2) is 54.7 Å². The van der Waals surface area contributed by atoms with E-state index in [1.54, 1.807) is 29.3 Å². The Morgan fingerprint density at radius 2 is 1.72 bits per heavy atom. The summed E-state index contributed by atoms with van der Waals surface area (Å²) in [4.78, 5) is 29.5. The van der Waals surface area contributed by atoms with Crippen LogP contribution in [0.2, 0.25) is 0 Å². The molecule has 0 bridgehead atoms. The molecule has 0 saturated carbocycles. The Labute approximate surface area is 213 Å². The Morgan fingerprint density at radius 1 is 1.03 bits per heavy atom. The highest BCUT2D eigenvalue weighted by Gasteiger charge is 2.28. The van der Waals surface area contributed by atoms with Crippen molar-refractivity contribution in [2.45, 2.75) is 46.1 Å². The van der Waals surface area contributed by atoms with Crippen molar-refractivity contribution in [1.82, 2.24) is 14.9 Å². The third-order valence-electron chi connectivity index (χ3n) is 6.65. The first-order chi connectivity index (χ1) is 17.1. The lowest BCUT2D eigenvalue weighted by molar-refractivity contribution is 0.0980. The van der Waals surface area contributed by atoms with Gasteiger partial charge in [0.1, 0.15) is 5.82 Å². The van der Waals surface area contributed by atoms with Crippen LogP contribution in [0.1, 0.15) is 50.5 Å². The van der Waals surface area contributed by atoms with Crippen molar-refractivity contribution in [3.05, 3.63) is 71.7 Å². The van der Waals surface area contributed by atoms with Gasteiger partial charge in [-0.15, -0.1) is 0 Å². The number of nitrogens with zero attached hydrogens (tertiary/aromatic N) is 5. The number of likely N-dealkylation sites (N-methyl/N-ethyl adjacent to an activating group) is 1. The van der Waals surface area contributed by atoms with Crippen molar-refractivity contribution < 1.29 is 9.18 Å². The van der Waals surface area contributed by atoms with Crippen LogP contribution in [-0.2, 0) is 5.41 Å². The number of hydrogen-bond acceptors (Lipinski definition) is 5.